The van der Waals surface area contributed by atoms with E-state index < -0.39 is 23.0 Å². The molecule has 0 fully saturated rings. The van der Waals surface area contributed by atoms with Crippen LogP contribution in [0.15, 0.2) is 53.7 Å². The van der Waals surface area contributed by atoms with E-state index in [9.17, 15) is 9.00 Å². The zero-order valence-electron chi connectivity index (χ0n) is 10.5. The van der Waals surface area contributed by atoms with Crippen LogP contribution in [0.5, 0.6) is 0 Å². The van der Waals surface area contributed by atoms with E-state index in [1.807, 2.05) is 30.3 Å². The Morgan fingerprint density at radius 1 is 1.25 bits per heavy atom. The molecule has 102 valence electrons. The molecule has 2 heterocycles. The van der Waals surface area contributed by atoms with Crippen molar-refractivity contribution in [3.05, 3.63) is 54.2 Å². The highest BCUT2D eigenvalue weighted by atomic mass is 32.2. The van der Waals surface area contributed by atoms with Crippen LogP contribution in [0.25, 0.3) is 0 Å². The van der Waals surface area contributed by atoms with Crippen molar-refractivity contribution in [1.29, 1.82) is 0 Å². The third-order valence-electron chi connectivity index (χ3n) is 3.17. The van der Waals surface area contributed by atoms with E-state index in [0.29, 0.717) is 5.03 Å². The number of hydrogen-bond acceptors (Lipinski definition) is 3. The summed E-state index contributed by atoms with van der Waals surface area (Å²) in [6.45, 7) is 0. The summed E-state index contributed by atoms with van der Waals surface area (Å²) in [5.74, 6) is -0.926. The molecule has 2 unspecified atom stereocenters. The van der Waals surface area contributed by atoms with Crippen molar-refractivity contribution in [1.82, 2.24) is 4.98 Å². The van der Waals surface area contributed by atoms with Gasteiger partial charge in [0.15, 0.2) is 16.0 Å². The summed E-state index contributed by atoms with van der Waals surface area (Å²) in [4.78, 5) is 15.2. The lowest BCUT2D eigenvalue weighted by atomic mass is 10.1. The van der Waals surface area contributed by atoms with E-state index >= 15 is 0 Å². The minimum Gasteiger partial charge on any atom is -0.481 e. The largest absolute Gasteiger partial charge is 0.481 e. The SMILES string of the molecule is O=C(O)CC1c2cccnc2S(=O)N1c1ccccc1. The topological polar surface area (TPSA) is 70.5 Å². The predicted molar refractivity (Wildman–Crippen MR) is 74.6 cm³/mol. The van der Waals surface area contributed by atoms with Gasteiger partial charge in [0, 0.05) is 11.8 Å². The molecule has 1 aliphatic rings. The number of anilines is 1. The highest BCUT2D eigenvalue weighted by Gasteiger charge is 2.38. The van der Waals surface area contributed by atoms with Gasteiger partial charge in [0.05, 0.1) is 18.2 Å². The zero-order valence-corrected chi connectivity index (χ0v) is 11.3. The molecular formula is C14H12N2O3S. The molecule has 20 heavy (non-hydrogen) atoms. The van der Waals surface area contributed by atoms with Crippen molar-refractivity contribution in [2.45, 2.75) is 17.5 Å². The van der Waals surface area contributed by atoms with Gasteiger partial charge in [-0.1, -0.05) is 24.3 Å². The fourth-order valence-corrected chi connectivity index (χ4v) is 3.82. The maximum Gasteiger partial charge on any atom is 0.305 e. The van der Waals surface area contributed by atoms with Crippen molar-refractivity contribution >= 4 is 22.6 Å². The number of benzene rings is 1. The number of aromatic nitrogens is 1. The molecule has 1 N–H and O–H groups in total. The summed E-state index contributed by atoms with van der Waals surface area (Å²) in [6.07, 6.45) is 1.46. The number of para-hydroxylation sites is 1. The van der Waals surface area contributed by atoms with Gasteiger partial charge >= 0.3 is 5.97 Å². The number of pyridine rings is 1. The third-order valence-corrected chi connectivity index (χ3v) is 4.66. The van der Waals surface area contributed by atoms with E-state index in [1.165, 1.54) is 0 Å². The highest BCUT2D eigenvalue weighted by molar-refractivity contribution is 7.86. The molecule has 1 aromatic heterocycles. The Bertz CT molecular complexity index is 675. The lowest BCUT2D eigenvalue weighted by molar-refractivity contribution is -0.137. The van der Waals surface area contributed by atoms with Crippen molar-refractivity contribution in [3.63, 3.8) is 0 Å². The molecule has 0 spiro atoms. The molecule has 1 aromatic carbocycles. The molecule has 0 saturated carbocycles. The fourth-order valence-electron chi connectivity index (χ4n) is 2.35. The van der Waals surface area contributed by atoms with Gasteiger partial charge in [-0.2, -0.15) is 0 Å². The third kappa shape index (κ3) is 2.08. The number of carboxylic acid groups (broad SMARTS) is 1. The van der Waals surface area contributed by atoms with Crippen molar-refractivity contribution in [2.24, 2.45) is 0 Å². The Kier molecular flexibility index (Phi) is 3.23. The first-order valence-electron chi connectivity index (χ1n) is 6.11. The van der Waals surface area contributed by atoms with Gasteiger partial charge < -0.3 is 5.11 Å². The molecule has 5 nitrogen and oxygen atoms in total. The van der Waals surface area contributed by atoms with Crippen LogP contribution in [-0.2, 0) is 15.8 Å². The van der Waals surface area contributed by atoms with Gasteiger partial charge in [-0.05, 0) is 18.2 Å². The summed E-state index contributed by atoms with van der Waals surface area (Å²) in [5, 5.41) is 9.55. The van der Waals surface area contributed by atoms with Crippen LogP contribution in [0.1, 0.15) is 18.0 Å². The second-order valence-corrected chi connectivity index (χ2v) is 5.70. The van der Waals surface area contributed by atoms with Crippen LogP contribution >= 0.6 is 0 Å². The van der Waals surface area contributed by atoms with Gasteiger partial charge in [0.2, 0.25) is 0 Å². The smallest absolute Gasteiger partial charge is 0.305 e. The Morgan fingerprint density at radius 3 is 2.70 bits per heavy atom. The molecule has 0 saturated heterocycles. The number of aliphatic carboxylic acids is 1. The second-order valence-electron chi connectivity index (χ2n) is 4.42. The van der Waals surface area contributed by atoms with Gasteiger partial charge in [0.1, 0.15) is 0 Å². The van der Waals surface area contributed by atoms with Crippen LogP contribution < -0.4 is 4.31 Å². The number of hydrogen-bond donors (Lipinski definition) is 1. The number of carbonyl (C=O) groups is 1. The Balaban J connectivity index is 2.10. The molecule has 2 aromatic rings. The van der Waals surface area contributed by atoms with Crippen LogP contribution in [0.3, 0.4) is 0 Å². The van der Waals surface area contributed by atoms with Gasteiger partial charge in [-0.3, -0.25) is 9.10 Å². The van der Waals surface area contributed by atoms with Gasteiger partial charge in [-0.15, -0.1) is 0 Å². The second kappa shape index (κ2) is 5.05. The lowest BCUT2D eigenvalue weighted by Gasteiger charge is -2.23. The zero-order chi connectivity index (χ0) is 14.1. The van der Waals surface area contributed by atoms with E-state index in [-0.39, 0.29) is 6.42 Å². The summed E-state index contributed by atoms with van der Waals surface area (Å²) in [5.41, 5.74) is 1.45. The Morgan fingerprint density at radius 2 is 2.00 bits per heavy atom. The monoisotopic (exact) mass is 288 g/mol. The van der Waals surface area contributed by atoms with E-state index in [4.69, 9.17) is 5.11 Å². The normalized spacial score (nSPS) is 20.7. The number of carboxylic acids is 1. The minimum absolute atomic E-state index is 0.112. The highest BCUT2D eigenvalue weighted by Crippen LogP contribution is 2.40. The van der Waals surface area contributed by atoms with Crippen molar-refractivity contribution in [3.8, 4) is 0 Å². The van der Waals surface area contributed by atoms with Gasteiger partial charge in [-0.25, -0.2) is 9.19 Å². The van der Waals surface area contributed by atoms with Crippen molar-refractivity contribution < 1.29 is 14.1 Å². The summed E-state index contributed by atoms with van der Waals surface area (Å²) in [7, 11) is -1.47. The number of fused-ring (bicyclic) bond motifs is 1. The van der Waals surface area contributed by atoms with E-state index in [2.05, 4.69) is 4.98 Å². The molecule has 1 aliphatic heterocycles. The number of nitrogens with zero attached hydrogens (tertiary/aromatic N) is 2. The molecule has 0 aliphatic carbocycles. The van der Waals surface area contributed by atoms with Crippen molar-refractivity contribution in [2.75, 3.05) is 4.31 Å². The molecule has 3 rings (SSSR count). The van der Waals surface area contributed by atoms with Crippen LogP contribution in [0.2, 0.25) is 0 Å². The quantitative estimate of drug-likeness (QED) is 0.939. The molecule has 2 atom stereocenters. The van der Waals surface area contributed by atoms with E-state index in [0.717, 1.165) is 11.3 Å². The standard InChI is InChI=1S/C14H12N2O3S/c17-13(18)9-12-11-7-4-8-15-14(11)20(19)16(12)10-5-2-1-3-6-10/h1-8,12H,9H2,(H,17,18). The summed E-state index contributed by atoms with van der Waals surface area (Å²) < 4.78 is 14.2. The van der Waals surface area contributed by atoms with Crippen LogP contribution in [0, 0.1) is 0 Å². The average molecular weight is 288 g/mol. The lowest BCUT2D eigenvalue weighted by Crippen LogP contribution is -2.25. The summed E-state index contributed by atoms with van der Waals surface area (Å²) in [6, 6.07) is 12.2. The van der Waals surface area contributed by atoms with E-state index in [1.54, 1.807) is 22.6 Å². The molecule has 6 heteroatoms. The maximum absolute atomic E-state index is 12.6. The predicted octanol–water partition coefficient (Wildman–Crippen LogP) is 2.14. The first-order valence-corrected chi connectivity index (χ1v) is 7.22. The maximum atomic E-state index is 12.6. The fraction of sp³-hybridized carbons (Fsp3) is 0.143. The van der Waals surface area contributed by atoms with Crippen LogP contribution in [-0.4, -0.2) is 20.3 Å². The molecule has 0 bridgehead atoms. The average Bonchev–Trinajstić information content (AvgIpc) is 2.73. The first kappa shape index (κ1) is 12.8. The van der Waals surface area contributed by atoms with Gasteiger partial charge in [0.25, 0.3) is 0 Å². The Hall–Kier alpha value is -2.21. The Labute approximate surface area is 118 Å². The number of rotatable bonds is 3. The molecular weight excluding hydrogens is 276 g/mol. The molecule has 0 radical (unpaired) electrons. The minimum atomic E-state index is -1.47. The molecule has 0 amide bonds. The first-order chi connectivity index (χ1) is 9.68. The van der Waals surface area contributed by atoms with Crippen LogP contribution in [0.4, 0.5) is 5.69 Å². The summed E-state index contributed by atoms with van der Waals surface area (Å²) >= 11 is 0.